The Morgan fingerprint density at radius 1 is 0.567 bits per heavy atom. The number of ketones is 1. The van der Waals surface area contributed by atoms with Gasteiger partial charge < -0.3 is 28.4 Å². The molecule has 0 fully saturated rings. The molecule has 2 unspecified atom stereocenters. The summed E-state index contributed by atoms with van der Waals surface area (Å²) >= 11 is 0. The number of carbonyl (C=O) groups is 1. The van der Waals surface area contributed by atoms with E-state index in [1.807, 2.05) is 26.0 Å². The maximum absolute atomic E-state index is 13.4. The van der Waals surface area contributed by atoms with E-state index in [9.17, 15) is 4.79 Å². The van der Waals surface area contributed by atoms with Crippen LogP contribution < -0.4 is 28.4 Å². The highest BCUT2D eigenvalue weighted by Gasteiger charge is 2.30. The maximum Gasteiger partial charge on any atom is 0.203 e. The third-order valence-electron chi connectivity index (χ3n) is 5.26. The van der Waals surface area contributed by atoms with Crippen molar-refractivity contribution in [2.75, 3.05) is 42.7 Å². The van der Waals surface area contributed by atoms with Crippen LogP contribution >= 0.6 is 0 Å². The minimum atomic E-state index is -0.465. The van der Waals surface area contributed by atoms with E-state index in [0.29, 0.717) is 45.6 Å². The van der Waals surface area contributed by atoms with Crippen LogP contribution in [0.25, 0.3) is 0 Å². The summed E-state index contributed by atoms with van der Waals surface area (Å²) in [5, 5.41) is 0. The molecule has 0 saturated carbocycles. The van der Waals surface area contributed by atoms with Crippen molar-refractivity contribution in [3.8, 4) is 34.5 Å². The van der Waals surface area contributed by atoms with Crippen LogP contribution in [0.15, 0.2) is 24.3 Å². The first-order chi connectivity index (χ1) is 14.4. The summed E-state index contributed by atoms with van der Waals surface area (Å²) in [7, 11) is 9.26. The summed E-state index contributed by atoms with van der Waals surface area (Å²) < 4.78 is 32.7. The Bertz CT molecular complexity index is 820. The van der Waals surface area contributed by atoms with Gasteiger partial charge in [0.05, 0.1) is 42.7 Å². The lowest BCUT2D eigenvalue weighted by Crippen LogP contribution is -2.18. The number of hydrogen-bond donors (Lipinski definition) is 0. The Kier molecular flexibility index (Phi) is 7.80. The lowest BCUT2D eigenvalue weighted by molar-refractivity contribution is -0.121. The summed E-state index contributed by atoms with van der Waals surface area (Å²) in [5.41, 5.74) is 1.43. The SMILES string of the molecule is COc1ccc(C(C)C(=O)C(C)c2ccc(OC)c(OC)c2OC)c(OC)c1OC. The topological polar surface area (TPSA) is 72.5 Å². The number of carbonyl (C=O) groups excluding carboxylic acids is 1. The van der Waals surface area contributed by atoms with E-state index >= 15 is 0 Å². The Hall–Kier alpha value is -3.09. The van der Waals surface area contributed by atoms with Crippen molar-refractivity contribution in [3.63, 3.8) is 0 Å². The van der Waals surface area contributed by atoms with Crippen LogP contribution in [0.5, 0.6) is 34.5 Å². The zero-order valence-corrected chi connectivity index (χ0v) is 18.8. The van der Waals surface area contributed by atoms with Gasteiger partial charge in [-0.25, -0.2) is 0 Å². The number of Topliss-reactive ketones (excluding diaryl/α,β-unsaturated/α-hetero) is 1. The van der Waals surface area contributed by atoms with Crippen LogP contribution in [0, 0.1) is 0 Å². The number of rotatable bonds is 10. The van der Waals surface area contributed by atoms with Gasteiger partial charge in [0.15, 0.2) is 23.0 Å². The highest BCUT2D eigenvalue weighted by molar-refractivity contribution is 5.93. The van der Waals surface area contributed by atoms with Crippen LogP contribution in [-0.4, -0.2) is 48.4 Å². The summed E-state index contributed by atoms with van der Waals surface area (Å²) in [6.45, 7) is 3.69. The molecule has 2 rings (SSSR count). The first-order valence-corrected chi connectivity index (χ1v) is 9.51. The van der Waals surface area contributed by atoms with E-state index in [-0.39, 0.29) is 5.78 Å². The van der Waals surface area contributed by atoms with Gasteiger partial charge in [-0.1, -0.05) is 26.0 Å². The smallest absolute Gasteiger partial charge is 0.203 e. The highest BCUT2D eigenvalue weighted by atomic mass is 16.5. The second kappa shape index (κ2) is 10.1. The van der Waals surface area contributed by atoms with Crippen LogP contribution in [0.2, 0.25) is 0 Å². The zero-order chi connectivity index (χ0) is 22.4. The van der Waals surface area contributed by atoms with Crippen molar-refractivity contribution < 1.29 is 33.2 Å². The molecule has 0 N–H and O–H groups in total. The van der Waals surface area contributed by atoms with Crippen LogP contribution in [-0.2, 0) is 4.79 Å². The minimum absolute atomic E-state index is 0.00830. The van der Waals surface area contributed by atoms with Crippen molar-refractivity contribution in [1.29, 1.82) is 0 Å². The average Bonchev–Trinajstić information content (AvgIpc) is 2.79. The fraction of sp³-hybridized carbons (Fsp3) is 0.435. The van der Waals surface area contributed by atoms with Crippen molar-refractivity contribution >= 4 is 5.78 Å². The van der Waals surface area contributed by atoms with Gasteiger partial charge in [0, 0.05) is 23.0 Å². The fourth-order valence-corrected chi connectivity index (χ4v) is 3.61. The molecule has 0 saturated heterocycles. The van der Waals surface area contributed by atoms with E-state index in [2.05, 4.69) is 0 Å². The highest BCUT2D eigenvalue weighted by Crippen LogP contribution is 2.46. The molecule has 0 aromatic heterocycles. The lowest BCUT2D eigenvalue weighted by Gasteiger charge is -2.23. The van der Waals surface area contributed by atoms with Crippen molar-refractivity contribution in [2.45, 2.75) is 25.7 Å². The molecule has 0 aliphatic heterocycles. The van der Waals surface area contributed by atoms with E-state index in [1.54, 1.807) is 40.6 Å². The Balaban J connectivity index is 2.49. The molecule has 2 aromatic rings. The van der Waals surface area contributed by atoms with Gasteiger partial charge in [-0.05, 0) is 12.1 Å². The van der Waals surface area contributed by atoms with Gasteiger partial charge in [0.1, 0.15) is 5.78 Å². The second-order valence-corrected chi connectivity index (χ2v) is 6.69. The van der Waals surface area contributed by atoms with Crippen LogP contribution in [0.4, 0.5) is 0 Å². The van der Waals surface area contributed by atoms with Gasteiger partial charge in [0.2, 0.25) is 11.5 Å². The fourth-order valence-electron chi connectivity index (χ4n) is 3.61. The number of methoxy groups -OCH3 is 6. The van der Waals surface area contributed by atoms with Gasteiger partial charge in [-0.15, -0.1) is 0 Å². The monoisotopic (exact) mass is 418 g/mol. The summed E-state index contributed by atoms with van der Waals surface area (Å²) in [6.07, 6.45) is 0. The molecular weight excluding hydrogens is 388 g/mol. The summed E-state index contributed by atoms with van der Waals surface area (Å²) in [5.74, 6) is 1.99. The van der Waals surface area contributed by atoms with Gasteiger partial charge in [0.25, 0.3) is 0 Å². The zero-order valence-electron chi connectivity index (χ0n) is 18.8. The molecule has 30 heavy (non-hydrogen) atoms. The quantitative estimate of drug-likeness (QED) is 0.572. The van der Waals surface area contributed by atoms with Crippen molar-refractivity contribution in [3.05, 3.63) is 35.4 Å². The summed E-state index contributed by atoms with van der Waals surface area (Å²) in [6, 6.07) is 7.17. The van der Waals surface area contributed by atoms with Gasteiger partial charge in [-0.3, -0.25) is 4.79 Å². The summed E-state index contributed by atoms with van der Waals surface area (Å²) in [4.78, 5) is 13.4. The number of benzene rings is 2. The molecule has 2 atom stereocenters. The van der Waals surface area contributed by atoms with E-state index < -0.39 is 11.8 Å². The Labute approximate surface area is 177 Å². The Morgan fingerprint density at radius 3 is 1.17 bits per heavy atom. The molecule has 164 valence electrons. The van der Waals surface area contributed by atoms with E-state index in [0.717, 1.165) is 0 Å². The molecule has 0 heterocycles. The molecule has 7 heteroatoms. The molecule has 0 aliphatic rings. The minimum Gasteiger partial charge on any atom is -0.493 e. The third-order valence-corrected chi connectivity index (χ3v) is 5.26. The van der Waals surface area contributed by atoms with Crippen molar-refractivity contribution in [2.24, 2.45) is 0 Å². The molecule has 0 radical (unpaired) electrons. The van der Waals surface area contributed by atoms with E-state index in [4.69, 9.17) is 28.4 Å². The lowest BCUT2D eigenvalue weighted by atomic mass is 9.84. The molecule has 0 bridgehead atoms. The Morgan fingerprint density at radius 2 is 0.900 bits per heavy atom. The second-order valence-electron chi connectivity index (χ2n) is 6.69. The molecule has 0 spiro atoms. The normalized spacial score (nSPS) is 12.5. The molecule has 0 aliphatic carbocycles. The largest absolute Gasteiger partial charge is 0.493 e. The van der Waals surface area contributed by atoms with Crippen LogP contribution in [0.3, 0.4) is 0 Å². The molecule has 2 aromatic carbocycles. The molecular formula is C23H30O7. The van der Waals surface area contributed by atoms with Gasteiger partial charge >= 0.3 is 0 Å². The predicted molar refractivity (Wildman–Crippen MR) is 114 cm³/mol. The average molecular weight is 418 g/mol. The number of ether oxygens (including phenoxy) is 6. The van der Waals surface area contributed by atoms with Crippen LogP contribution in [0.1, 0.15) is 36.8 Å². The van der Waals surface area contributed by atoms with E-state index in [1.165, 1.54) is 14.2 Å². The van der Waals surface area contributed by atoms with Crippen molar-refractivity contribution in [1.82, 2.24) is 0 Å². The molecule has 7 nitrogen and oxygen atoms in total. The first kappa shape index (κ1) is 23.2. The first-order valence-electron chi connectivity index (χ1n) is 9.51. The third kappa shape index (κ3) is 4.10. The maximum atomic E-state index is 13.4. The van der Waals surface area contributed by atoms with Gasteiger partial charge in [-0.2, -0.15) is 0 Å². The molecule has 0 amide bonds. The number of hydrogen-bond acceptors (Lipinski definition) is 7. The predicted octanol–water partition coefficient (Wildman–Crippen LogP) is 4.21. The standard InChI is InChI=1S/C23H30O7/c1-13(15-9-11-17(25-3)22(29-7)20(15)27-5)19(24)14(2)16-10-12-18(26-4)23(30-8)21(16)28-6/h9-14H,1-8H3.